The van der Waals surface area contributed by atoms with Gasteiger partial charge in [-0.1, -0.05) is 11.6 Å². The fourth-order valence-electron chi connectivity index (χ4n) is 6.26. The van der Waals surface area contributed by atoms with Crippen LogP contribution in [0.5, 0.6) is 5.75 Å². The van der Waals surface area contributed by atoms with Crippen LogP contribution >= 0.6 is 11.6 Å². The summed E-state index contributed by atoms with van der Waals surface area (Å²) >= 11 is 5.86. The summed E-state index contributed by atoms with van der Waals surface area (Å²) < 4.78 is 42.5. The molecule has 7 rings (SSSR count). The van der Waals surface area contributed by atoms with Crippen molar-refractivity contribution in [3.63, 3.8) is 0 Å². The molecule has 0 spiro atoms. The zero-order chi connectivity index (χ0) is 31.8. The van der Waals surface area contributed by atoms with Crippen molar-refractivity contribution in [2.75, 3.05) is 31.1 Å². The summed E-state index contributed by atoms with van der Waals surface area (Å²) in [6.07, 6.45) is 6.84. The molecule has 13 heteroatoms. The summed E-state index contributed by atoms with van der Waals surface area (Å²) in [4.78, 5) is 30.2. The van der Waals surface area contributed by atoms with E-state index in [0.29, 0.717) is 47.8 Å². The van der Waals surface area contributed by atoms with Gasteiger partial charge in [0.2, 0.25) is 0 Å². The maximum Gasteiger partial charge on any atom is 0.335 e. The first-order chi connectivity index (χ1) is 22.3. The number of anilines is 1. The molecule has 4 heterocycles. The van der Waals surface area contributed by atoms with Crippen LogP contribution in [0.4, 0.5) is 14.6 Å². The number of carboxylic acids is 1. The number of hydrogen-bond acceptors (Lipinski definition) is 8. The van der Waals surface area contributed by atoms with Gasteiger partial charge >= 0.3 is 5.97 Å². The highest BCUT2D eigenvalue weighted by molar-refractivity contribution is 6.30. The van der Waals surface area contributed by atoms with Gasteiger partial charge in [-0.2, -0.15) is 0 Å². The molecular formula is C33H35ClF2N6O4. The van der Waals surface area contributed by atoms with Crippen molar-refractivity contribution < 1.29 is 28.2 Å². The first kappa shape index (κ1) is 30.8. The second-order valence-corrected chi connectivity index (χ2v) is 12.8. The Bertz CT molecular complexity index is 1740. The van der Waals surface area contributed by atoms with Gasteiger partial charge < -0.3 is 24.0 Å². The summed E-state index contributed by atoms with van der Waals surface area (Å²) in [5.74, 6) is 0.402. The predicted octanol–water partition coefficient (Wildman–Crippen LogP) is 5.71. The lowest BCUT2D eigenvalue weighted by atomic mass is 10.0. The molecule has 2 aromatic heterocycles. The van der Waals surface area contributed by atoms with E-state index in [4.69, 9.17) is 26.1 Å². The molecule has 46 heavy (non-hydrogen) atoms. The Morgan fingerprint density at radius 1 is 1.07 bits per heavy atom. The van der Waals surface area contributed by atoms with E-state index in [1.54, 1.807) is 12.3 Å². The highest BCUT2D eigenvalue weighted by Crippen LogP contribution is 2.34. The van der Waals surface area contributed by atoms with Crippen LogP contribution in [0.1, 0.15) is 54.1 Å². The lowest BCUT2D eigenvalue weighted by Gasteiger charge is -2.39. The number of fused-ring (bicyclic) bond motifs is 1. The van der Waals surface area contributed by atoms with Crippen molar-refractivity contribution in [3.8, 4) is 5.75 Å². The number of likely N-dealkylation sites (tertiary alicyclic amines) is 1. The molecule has 10 nitrogen and oxygen atoms in total. The normalized spacial score (nSPS) is 18.9. The van der Waals surface area contributed by atoms with Gasteiger partial charge in [0.15, 0.2) is 23.2 Å². The molecule has 0 radical (unpaired) electrons. The van der Waals surface area contributed by atoms with Gasteiger partial charge in [-0.15, -0.1) is 0 Å². The van der Waals surface area contributed by atoms with Crippen LogP contribution in [0.2, 0.25) is 5.02 Å². The molecule has 2 aromatic carbocycles. The van der Waals surface area contributed by atoms with Gasteiger partial charge in [0, 0.05) is 43.5 Å². The molecule has 3 fully saturated rings. The van der Waals surface area contributed by atoms with Crippen molar-refractivity contribution in [3.05, 3.63) is 76.5 Å². The average Bonchev–Trinajstić information content (AvgIpc) is 3.78. The Morgan fingerprint density at radius 2 is 1.87 bits per heavy atom. The number of hydrogen-bond donors (Lipinski definition) is 1. The molecule has 0 amide bonds. The Labute approximate surface area is 269 Å². The molecule has 1 aliphatic carbocycles. The second-order valence-electron chi connectivity index (χ2n) is 12.3. The van der Waals surface area contributed by atoms with Crippen molar-refractivity contribution in [1.82, 2.24) is 24.4 Å². The van der Waals surface area contributed by atoms with Crippen LogP contribution in [0.3, 0.4) is 0 Å². The fourth-order valence-corrected chi connectivity index (χ4v) is 6.42. The molecular weight excluding hydrogens is 618 g/mol. The largest absolute Gasteiger partial charge is 0.483 e. The first-order valence-electron chi connectivity index (χ1n) is 15.7. The minimum atomic E-state index is -1.17. The first-order valence-corrected chi connectivity index (χ1v) is 16.1. The van der Waals surface area contributed by atoms with Crippen LogP contribution in [0.15, 0.2) is 42.6 Å². The molecule has 0 unspecified atom stereocenters. The van der Waals surface area contributed by atoms with Crippen LogP contribution in [0.25, 0.3) is 11.0 Å². The minimum Gasteiger partial charge on any atom is -0.483 e. The van der Waals surface area contributed by atoms with Crippen molar-refractivity contribution >= 4 is 34.4 Å². The Morgan fingerprint density at radius 3 is 2.57 bits per heavy atom. The average molecular weight is 653 g/mol. The number of benzene rings is 2. The number of nitrogens with zero attached hydrogens (tertiary/aromatic N) is 6. The monoisotopic (exact) mass is 652 g/mol. The van der Waals surface area contributed by atoms with E-state index in [-0.39, 0.29) is 35.6 Å². The Kier molecular flexibility index (Phi) is 8.76. The summed E-state index contributed by atoms with van der Waals surface area (Å²) in [7, 11) is 0. The minimum absolute atomic E-state index is 0.00257. The highest BCUT2D eigenvalue weighted by atomic mass is 35.5. The number of halogens is 3. The van der Waals surface area contributed by atoms with E-state index < -0.39 is 17.6 Å². The smallest absolute Gasteiger partial charge is 0.335 e. The molecule has 242 valence electrons. The third-order valence-electron chi connectivity index (χ3n) is 9.06. The number of aromatic nitrogens is 4. The maximum absolute atomic E-state index is 15.0. The van der Waals surface area contributed by atoms with E-state index in [1.165, 1.54) is 31.0 Å². The predicted molar refractivity (Wildman–Crippen MR) is 167 cm³/mol. The van der Waals surface area contributed by atoms with E-state index in [0.717, 1.165) is 50.8 Å². The molecule has 4 aromatic rings. The third kappa shape index (κ3) is 6.79. The van der Waals surface area contributed by atoms with Gasteiger partial charge in [-0.3, -0.25) is 4.90 Å². The fraction of sp³-hybridized carbons (Fsp3) is 0.455. The van der Waals surface area contributed by atoms with E-state index in [2.05, 4.69) is 19.8 Å². The molecule has 1 saturated carbocycles. The number of carbonyl (C=O) groups is 1. The standard InChI is InChI=1S/C33H35ClF2N6O4/c34-22-3-4-28(25(35)15-22)46-19-29-37-9-5-30(38-29)41(16-20-1-2-20)23-6-10-40(11-7-23)18-31-39-32-26(36)13-21(33(43)44)14-27(32)42(31)17-24-8-12-45-24/h3-5,9,13-15,20,23-24H,1-2,6-8,10-12,16-19H2,(H,43,44)/t24-/m0/s1. The van der Waals surface area contributed by atoms with Crippen molar-refractivity contribution in [1.29, 1.82) is 0 Å². The van der Waals surface area contributed by atoms with Gasteiger partial charge in [0.25, 0.3) is 0 Å². The van der Waals surface area contributed by atoms with Gasteiger partial charge in [0.1, 0.15) is 23.8 Å². The lowest BCUT2D eigenvalue weighted by Crippen LogP contribution is -2.46. The van der Waals surface area contributed by atoms with E-state index in [9.17, 15) is 18.7 Å². The van der Waals surface area contributed by atoms with Crippen LogP contribution in [-0.2, 0) is 24.4 Å². The van der Waals surface area contributed by atoms with Crippen molar-refractivity contribution in [2.45, 2.75) is 63.9 Å². The molecule has 3 aliphatic rings. The quantitative estimate of drug-likeness (QED) is 0.206. The molecule has 1 atom stereocenters. The number of rotatable bonds is 12. The zero-order valence-electron chi connectivity index (χ0n) is 25.2. The van der Waals surface area contributed by atoms with Gasteiger partial charge in [-0.25, -0.2) is 28.5 Å². The third-order valence-corrected chi connectivity index (χ3v) is 9.30. The van der Waals surface area contributed by atoms with Crippen molar-refractivity contribution in [2.24, 2.45) is 5.92 Å². The van der Waals surface area contributed by atoms with E-state index in [1.807, 2.05) is 10.6 Å². The molecule has 2 aliphatic heterocycles. The highest BCUT2D eigenvalue weighted by Gasteiger charge is 2.32. The molecule has 2 saturated heterocycles. The number of piperidine rings is 1. The Hall–Kier alpha value is -3.87. The summed E-state index contributed by atoms with van der Waals surface area (Å²) in [6.45, 7) is 4.29. The number of carboxylic acid groups (broad SMARTS) is 1. The van der Waals surface area contributed by atoms with Gasteiger partial charge in [-0.05, 0) is 74.4 Å². The number of aromatic carboxylic acids is 1. The lowest BCUT2D eigenvalue weighted by molar-refractivity contribution is -0.0592. The Balaban J connectivity index is 1.05. The van der Waals surface area contributed by atoms with Crippen LogP contribution in [0, 0.1) is 17.6 Å². The maximum atomic E-state index is 15.0. The van der Waals surface area contributed by atoms with Crippen LogP contribution < -0.4 is 9.64 Å². The summed E-state index contributed by atoms with van der Waals surface area (Å²) in [6, 6.07) is 9.01. The molecule has 1 N–H and O–H groups in total. The van der Waals surface area contributed by atoms with Gasteiger partial charge in [0.05, 0.1) is 30.3 Å². The topological polar surface area (TPSA) is 106 Å². The second kappa shape index (κ2) is 13.1. The van der Waals surface area contributed by atoms with Crippen LogP contribution in [-0.4, -0.2) is 73.9 Å². The zero-order valence-corrected chi connectivity index (χ0v) is 26.0. The SMILES string of the molecule is O=C(O)c1cc(F)c2nc(CN3CCC(N(CC4CC4)c4ccnc(COc5ccc(Cl)cc5F)n4)CC3)n(C[C@@H]3CCO3)c2c1. The molecule has 0 bridgehead atoms. The number of ether oxygens (including phenoxy) is 2. The summed E-state index contributed by atoms with van der Waals surface area (Å²) in [5, 5.41) is 9.82. The van der Waals surface area contributed by atoms with E-state index >= 15 is 0 Å². The summed E-state index contributed by atoms with van der Waals surface area (Å²) in [5.41, 5.74) is 0.572. The number of imidazole rings is 1.